The number of hydrogen-bond acceptors (Lipinski definition) is 9. The Morgan fingerprint density at radius 1 is 0.872 bits per heavy atom. The second-order valence-corrected chi connectivity index (χ2v) is 9.59. The fourth-order valence-corrected chi connectivity index (χ4v) is 4.94. The van der Waals surface area contributed by atoms with Crippen LogP contribution in [0.4, 0.5) is 5.13 Å². The minimum absolute atomic E-state index is 0.0561. The highest BCUT2D eigenvalue weighted by atomic mass is 32.1. The summed E-state index contributed by atoms with van der Waals surface area (Å²) < 4.78 is 27.9. The number of aryl methyl sites for hydroxylation is 1. The maximum atomic E-state index is 8.93. The number of rotatable bonds is 8. The number of thiazole rings is 1. The summed E-state index contributed by atoms with van der Waals surface area (Å²) >= 11 is 1.49. The van der Waals surface area contributed by atoms with Gasteiger partial charge in [0.2, 0.25) is 5.13 Å². The van der Waals surface area contributed by atoms with E-state index in [0.717, 1.165) is 32.8 Å². The van der Waals surface area contributed by atoms with E-state index in [1.807, 2.05) is 73.7 Å². The monoisotopic (exact) mass is 539 g/mol. The zero-order chi connectivity index (χ0) is 27.4. The Bertz CT molecular complexity index is 1750. The van der Waals surface area contributed by atoms with Gasteiger partial charge in [0.25, 0.3) is 0 Å². The fraction of sp³-hybridized carbons (Fsp3) is 0.167. The van der Waals surface area contributed by atoms with Crippen LogP contribution in [0.25, 0.3) is 33.6 Å². The van der Waals surface area contributed by atoms with Gasteiger partial charge >= 0.3 is 0 Å². The van der Waals surface area contributed by atoms with Gasteiger partial charge < -0.3 is 23.4 Å². The van der Waals surface area contributed by atoms with Gasteiger partial charge in [0.15, 0.2) is 18.1 Å². The number of ether oxygens (including phenoxy) is 4. The van der Waals surface area contributed by atoms with E-state index in [-0.39, 0.29) is 6.61 Å². The molecular weight excluding hydrogens is 514 g/mol. The van der Waals surface area contributed by atoms with Crippen LogP contribution in [0, 0.1) is 18.3 Å². The lowest BCUT2D eigenvalue weighted by Crippen LogP contribution is -2.04. The van der Waals surface area contributed by atoms with Gasteiger partial charge in [-0.2, -0.15) is 5.26 Å². The number of methoxy groups -OCH3 is 3. The van der Waals surface area contributed by atoms with Gasteiger partial charge in [0, 0.05) is 27.5 Å². The van der Waals surface area contributed by atoms with Crippen LogP contribution >= 0.6 is 11.3 Å². The van der Waals surface area contributed by atoms with Crippen molar-refractivity contribution >= 4 is 27.4 Å². The molecule has 5 rings (SSSR count). The zero-order valence-corrected chi connectivity index (χ0v) is 22.7. The van der Waals surface area contributed by atoms with Crippen molar-refractivity contribution in [3.8, 4) is 51.6 Å². The number of aromatic nitrogens is 1. The van der Waals surface area contributed by atoms with Crippen LogP contribution in [0.5, 0.6) is 23.0 Å². The number of fused-ring (bicyclic) bond motifs is 1. The molecule has 196 valence electrons. The molecule has 0 spiro atoms. The summed E-state index contributed by atoms with van der Waals surface area (Å²) in [6.07, 6.45) is 0. The quantitative estimate of drug-likeness (QED) is 0.217. The zero-order valence-electron chi connectivity index (χ0n) is 21.8. The van der Waals surface area contributed by atoms with Crippen LogP contribution in [-0.4, -0.2) is 32.9 Å². The van der Waals surface area contributed by atoms with E-state index in [0.29, 0.717) is 39.1 Å². The van der Waals surface area contributed by atoms with E-state index in [9.17, 15) is 0 Å². The summed E-state index contributed by atoms with van der Waals surface area (Å²) in [6, 6.07) is 22.6. The minimum Gasteiger partial charge on any atom is -0.497 e. The second kappa shape index (κ2) is 11.3. The Labute approximate surface area is 229 Å². The lowest BCUT2D eigenvalue weighted by atomic mass is 10.1. The maximum Gasteiger partial charge on any atom is 0.210 e. The van der Waals surface area contributed by atoms with Gasteiger partial charge in [-0.05, 0) is 67.6 Å². The Morgan fingerprint density at radius 3 is 2.33 bits per heavy atom. The second-order valence-electron chi connectivity index (χ2n) is 8.41. The standard InChI is InChI=1S/C30H25N3O5S/c1-18-29(20-7-11-26(35-3)28(15-20)36-4)33-30(39-18)32-24-17-27(19-5-8-21(34-2)9-6-19)38-25-12-10-22(16-23(24)25)37-14-13-31/h5-12,15-17H,14H2,1-4H3. The van der Waals surface area contributed by atoms with Crippen molar-refractivity contribution in [3.63, 3.8) is 0 Å². The first-order valence-corrected chi connectivity index (χ1v) is 12.8. The third-order valence-corrected chi connectivity index (χ3v) is 6.92. The van der Waals surface area contributed by atoms with Crippen molar-refractivity contribution in [1.29, 1.82) is 5.26 Å². The fourth-order valence-electron chi connectivity index (χ4n) is 4.13. The molecular formula is C30H25N3O5S. The molecule has 0 unspecified atom stereocenters. The van der Waals surface area contributed by atoms with Crippen LogP contribution in [0.15, 0.2) is 76.1 Å². The molecule has 9 heteroatoms. The van der Waals surface area contributed by atoms with E-state index in [1.165, 1.54) is 11.3 Å². The third kappa shape index (κ3) is 5.42. The lowest BCUT2D eigenvalue weighted by Gasteiger charge is -2.08. The average Bonchev–Trinajstić information content (AvgIpc) is 3.35. The van der Waals surface area contributed by atoms with Crippen LogP contribution in [0.3, 0.4) is 0 Å². The topological polar surface area (TPSA) is 99.1 Å². The SMILES string of the molecule is COc1ccc(-c2cc(=Nc3nc(-c4ccc(OC)c(OC)c4)c(C)s3)c3cc(OCC#N)ccc3o2)cc1. The summed E-state index contributed by atoms with van der Waals surface area (Å²) in [4.78, 5) is 10.8. The molecule has 39 heavy (non-hydrogen) atoms. The van der Waals surface area contributed by atoms with Crippen LogP contribution < -0.4 is 24.3 Å². The average molecular weight is 540 g/mol. The molecule has 5 aromatic rings. The molecule has 0 aliphatic heterocycles. The van der Waals surface area contributed by atoms with E-state index in [1.54, 1.807) is 27.4 Å². The van der Waals surface area contributed by atoms with Crippen molar-refractivity contribution in [2.75, 3.05) is 27.9 Å². The first kappa shape index (κ1) is 25.8. The molecule has 0 bridgehead atoms. The molecule has 0 amide bonds. The summed E-state index contributed by atoms with van der Waals surface area (Å²) in [7, 11) is 4.84. The molecule has 2 aromatic heterocycles. The summed E-state index contributed by atoms with van der Waals surface area (Å²) in [5.74, 6) is 3.23. The highest BCUT2D eigenvalue weighted by molar-refractivity contribution is 7.15. The van der Waals surface area contributed by atoms with Crippen LogP contribution in [-0.2, 0) is 0 Å². The first-order chi connectivity index (χ1) is 19.0. The van der Waals surface area contributed by atoms with E-state index >= 15 is 0 Å². The molecule has 8 nitrogen and oxygen atoms in total. The maximum absolute atomic E-state index is 8.93. The number of nitrogens with zero attached hydrogens (tertiary/aromatic N) is 3. The Kier molecular flexibility index (Phi) is 7.48. The van der Waals surface area contributed by atoms with Gasteiger partial charge in [-0.15, -0.1) is 0 Å². The lowest BCUT2D eigenvalue weighted by molar-refractivity contribution is 0.355. The van der Waals surface area contributed by atoms with E-state index in [4.69, 9.17) is 38.6 Å². The number of benzene rings is 3. The summed E-state index contributed by atoms with van der Waals surface area (Å²) in [6.45, 7) is 1.96. The Balaban J connectivity index is 1.65. The molecule has 3 aromatic carbocycles. The largest absolute Gasteiger partial charge is 0.497 e. The van der Waals surface area contributed by atoms with Gasteiger partial charge in [-0.25, -0.2) is 9.98 Å². The number of hydrogen-bond donors (Lipinski definition) is 0. The van der Waals surface area contributed by atoms with Gasteiger partial charge in [-0.3, -0.25) is 0 Å². The Morgan fingerprint density at radius 2 is 1.62 bits per heavy atom. The van der Waals surface area contributed by atoms with Crippen molar-refractivity contribution < 1.29 is 23.4 Å². The van der Waals surface area contributed by atoms with E-state index < -0.39 is 0 Å². The Hall–Kier alpha value is -4.81. The molecule has 0 fully saturated rings. The van der Waals surface area contributed by atoms with Crippen molar-refractivity contribution in [2.24, 2.45) is 4.99 Å². The molecule has 2 heterocycles. The molecule has 0 radical (unpaired) electrons. The summed E-state index contributed by atoms with van der Waals surface area (Å²) in [5.41, 5.74) is 3.22. The van der Waals surface area contributed by atoms with E-state index in [2.05, 4.69) is 0 Å². The number of nitriles is 1. The predicted octanol–water partition coefficient (Wildman–Crippen LogP) is 6.69. The smallest absolute Gasteiger partial charge is 0.210 e. The van der Waals surface area contributed by atoms with Gasteiger partial charge in [0.05, 0.1) is 32.4 Å². The predicted molar refractivity (Wildman–Crippen MR) is 150 cm³/mol. The minimum atomic E-state index is -0.0561. The van der Waals surface area contributed by atoms with Crippen molar-refractivity contribution in [1.82, 2.24) is 4.98 Å². The third-order valence-electron chi connectivity index (χ3n) is 6.05. The molecule has 0 N–H and O–H groups in total. The van der Waals surface area contributed by atoms with Crippen molar-refractivity contribution in [2.45, 2.75) is 6.92 Å². The molecule has 0 atom stereocenters. The highest BCUT2D eigenvalue weighted by Crippen LogP contribution is 2.37. The first-order valence-electron chi connectivity index (χ1n) is 12.0. The van der Waals surface area contributed by atoms with Crippen LogP contribution in [0.1, 0.15) is 4.88 Å². The molecule has 0 aliphatic carbocycles. The molecule has 0 saturated carbocycles. The van der Waals surface area contributed by atoms with Gasteiger partial charge in [0.1, 0.15) is 28.9 Å². The van der Waals surface area contributed by atoms with Crippen molar-refractivity contribution in [3.05, 3.63) is 77.0 Å². The summed E-state index contributed by atoms with van der Waals surface area (Å²) in [5, 5.41) is 10.9. The molecule has 0 aliphatic rings. The van der Waals surface area contributed by atoms with Gasteiger partial charge in [-0.1, -0.05) is 11.3 Å². The van der Waals surface area contributed by atoms with Crippen LogP contribution in [0.2, 0.25) is 0 Å². The highest BCUT2D eigenvalue weighted by Gasteiger charge is 2.14. The molecule has 0 saturated heterocycles. The normalized spacial score (nSPS) is 11.3.